The number of carbonyl (C=O) groups is 2. The number of aryl methyl sites for hydroxylation is 1. The number of carbonyl (C=O) groups excluding carboxylic acids is 2. The number of pyridine rings is 1. The van der Waals surface area contributed by atoms with Crippen LogP contribution in [0.1, 0.15) is 30.4 Å². The van der Waals surface area contributed by atoms with Gasteiger partial charge < -0.3 is 9.64 Å². The molecule has 1 saturated heterocycles. The van der Waals surface area contributed by atoms with Crippen LogP contribution in [0.4, 0.5) is 0 Å². The Bertz CT molecular complexity index is 642. The molecule has 0 bridgehead atoms. The first-order valence-corrected chi connectivity index (χ1v) is 8.63. The molecule has 1 atom stereocenters. The van der Waals surface area contributed by atoms with Crippen LogP contribution in [0, 0.1) is 0 Å². The van der Waals surface area contributed by atoms with E-state index in [9.17, 15) is 9.59 Å². The Morgan fingerprint density at radius 2 is 1.92 bits per heavy atom. The van der Waals surface area contributed by atoms with Gasteiger partial charge in [0, 0.05) is 25.4 Å². The molecule has 1 aliphatic rings. The van der Waals surface area contributed by atoms with Gasteiger partial charge in [0.15, 0.2) is 0 Å². The zero-order valence-electron chi connectivity index (χ0n) is 14.1. The van der Waals surface area contributed by atoms with Gasteiger partial charge in [0.2, 0.25) is 5.91 Å². The molecule has 0 N–H and O–H groups in total. The van der Waals surface area contributed by atoms with Crippen LogP contribution in [0.2, 0.25) is 0 Å². The minimum absolute atomic E-state index is 0.00279. The van der Waals surface area contributed by atoms with Crippen LogP contribution in [0.3, 0.4) is 0 Å². The van der Waals surface area contributed by atoms with E-state index in [0.717, 1.165) is 17.5 Å². The van der Waals surface area contributed by atoms with E-state index in [2.05, 4.69) is 4.98 Å². The van der Waals surface area contributed by atoms with E-state index >= 15 is 0 Å². The number of aromatic nitrogens is 1. The van der Waals surface area contributed by atoms with E-state index in [4.69, 9.17) is 4.74 Å². The van der Waals surface area contributed by atoms with Gasteiger partial charge in [0.25, 0.3) is 0 Å². The maximum absolute atomic E-state index is 12.5. The van der Waals surface area contributed by atoms with E-state index < -0.39 is 6.04 Å². The lowest BCUT2D eigenvalue weighted by Gasteiger charge is -2.23. The van der Waals surface area contributed by atoms with Crippen LogP contribution in [0.25, 0.3) is 0 Å². The zero-order valence-corrected chi connectivity index (χ0v) is 14.1. The lowest BCUT2D eigenvalue weighted by atomic mass is 10.1. The van der Waals surface area contributed by atoms with Gasteiger partial charge in [-0.3, -0.25) is 9.78 Å². The molecule has 1 aromatic carbocycles. The molecule has 2 heterocycles. The third-order valence-electron chi connectivity index (χ3n) is 4.42. The molecule has 0 spiro atoms. The summed E-state index contributed by atoms with van der Waals surface area (Å²) in [6.45, 7) is 0.866. The lowest BCUT2D eigenvalue weighted by Crippen LogP contribution is -2.41. The van der Waals surface area contributed by atoms with Crippen molar-refractivity contribution in [2.45, 2.75) is 38.3 Å². The summed E-state index contributed by atoms with van der Waals surface area (Å²) >= 11 is 0. The van der Waals surface area contributed by atoms with Crippen LogP contribution in [-0.4, -0.2) is 34.3 Å². The number of benzene rings is 1. The highest BCUT2D eigenvalue weighted by atomic mass is 16.5. The van der Waals surface area contributed by atoms with Crippen molar-refractivity contribution in [3.8, 4) is 0 Å². The molecule has 25 heavy (non-hydrogen) atoms. The Hall–Kier alpha value is -2.69. The average Bonchev–Trinajstić information content (AvgIpc) is 3.16. The molecular formula is C20H22N2O3. The van der Waals surface area contributed by atoms with E-state index in [-0.39, 0.29) is 18.5 Å². The SMILES string of the molecule is O=C(OCc1ccccc1)[C@H]1CCCN1C(=O)CCc1cccnc1. The second-order valence-electron chi connectivity index (χ2n) is 6.20. The van der Waals surface area contributed by atoms with Crippen LogP contribution in [0.5, 0.6) is 0 Å². The first-order chi connectivity index (χ1) is 12.2. The van der Waals surface area contributed by atoms with Crippen molar-refractivity contribution < 1.29 is 14.3 Å². The van der Waals surface area contributed by atoms with Crippen molar-refractivity contribution in [3.63, 3.8) is 0 Å². The van der Waals surface area contributed by atoms with Gasteiger partial charge in [0.05, 0.1) is 0 Å². The summed E-state index contributed by atoms with van der Waals surface area (Å²) in [6.07, 6.45) is 6.01. The molecule has 0 aliphatic carbocycles. The molecule has 5 heteroatoms. The largest absolute Gasteiger partial charge is 0.459 e. The van der Waals surface area contributed by atoms with Gasteiger partial charge >= 0.3 is 5.97 Å². The summed E-state index contributed by atoms with van der Waals surface area (Å²) in [5.41, 5.74) is 1.97. The summed E-state index contributed by atoms with van der Waals surface area (Å²) in [4.78, 5) is 30.6. The Kier molecular flexibility index (Phi) is 5.77. The van der Waals surface area contributed by atoms with Crippen molar-refractivity contribution in [3.05, 3.63) is 66.0 Å². The fourth-order valence-corrected chi connectivity index (χ4v) is 3.08. The summed E-state index contributed by atoms with van der Waals surface area (Å²) in [5, 5.41) is 0. The Balaban J connectivity index is 1.52. The van der Waals surface area contributed by atoms with Gasteiger partial charge in [-0.1, -0.05) is 36.4 Å². The second kappa shape index (κ2) is 8.42. The highest BCUT2D eigenvalue weighted by molar-refractivity contribution is 5.85. The van der Waals surface area contributed by atoms with Gasteiger partial charge in [-0.15, -0.1) is 0 Å². The fraction of sp³-hybridized carbons (Fsp3) is 0.350. The number of hydrogen-bond acceptors (Lipinski definition) is 4. The molecule has 1 fully saturated rings. The molecular weight excluding hydrogens is 316 g/mol. The number of ether oxygens (including phenoxy) is 1. The second-order valence-corrected chi connectivity index (χ2v) is 6.20. The molecule has 130 valence electrons. The first-order valence-electron chi connectivity index (χ1n) is 8.63. The molecule has 5 nitrogen and oxygen atoms in total. The van der Waals surface area contributed by atoms with Crippen molar-refractivity contribution in [2.75, 3.05) is 6.54 Å². The summed E-state index contributed by atoms with van der Waals surface area (Å²) in [6, 6.07) is 12.9. The summed E-state index contributed by atoms with van der Waals surface area (Å²) in [7, 11) is 0. The summed E-state index contributed by atoms with van der Waals surface area (Å²) < 4.78 is 5.41. The van der Waals surface area contributed by atoms with Gasteiger partial charge in [-0.05, 0) is 36.5 Å². The van der Waals surface area contributed by atoms with Gasteiger partial charge in [0.1, 0.15) is 12.6 Å². The molecule has 1 aromatic heterocycles. The highest BCUT2D eigenvalue weighted by Gasteiger charge is 2.34. The van der Waals surface area contributed by atoms with E-state index in [0.29, 0.717) is 25.8 Å². The van der Waals surface area contributed by atoms with Gasteiger partial charge in [-0.2, -0.15) is 0 Å². The van der Waals surface area contributed by atoms with E-state index in [1.54, 1.807) is 17.3 Å². The maximum atomic E-state index is 12.5. The van der Waals surface area contributed by atoms with Crippen LogP contribution >= 0.6 is 0 Å². The lowest BCUT2D eigenvalue weighted by molar-refractivity contribution is -0.154. The van der Waals surface area contributed by atoms with Crippen molar-refractivity contribution in [1.82, 2.24) is 9.88 Å². The minimum atomic E-state index is -0.454. The minimum Gasteiger partial charge on any atom is -0.459 e. The topological polar surface area (TPSA) is 59.5 Å². The first kappa shape index (κ1) is 17.1. The molecule has 1 amide bonds. The fourth-order valence-electron chi connectivity index (χ4n) is 3.08. The molecule has 2 aromatic rings. The smallest absolute Gasteiger partial charge is 0.329 e. The third-order valence-corrected chi connectivity index (χ3v) is 4.42. The average molecular weight is 338 g/mol. The van der Waals surface area contributed by atoms with Gasteiger partial charge in [-0.25, -0.2) is 4.79 Å². The third kappa shape index (κ3) is 4.66. The van der Waals surface area contributed by atoms with Crippen molar-refractivity contribution in [1.29, 1.82) is 0 Å². The maximum Gasteiger partial charge on any atom is 0.329 e. The van der Waals surface area contributed by atoms with E-state index in [1.165, 1.54) is 0 Å². The predicted molar refractivity (Wildman–Crippen MR) is 93.5 cm³/mol. The molecule has 0 saturated carbocycles. The molecule has 3 rings (SSSR count). The monoisotopic (exact) mass is 338 g/mol. The van der Waals surface area contributed by atoms with Crippen molar-refractivity contribution >= 4 is 11.9 Å². The number of amides is 1. The number of hydrogen-bond donors (Lipinski definition) is 0. The molecule has 0 radical (unpaired) electrons. The molecule has 0 unspecified atom stereocenters. The van der Waals surface area contributed by atoms with Crippen LogP contribution in [-0.2, 0) is 27.4 Å². The predicted octanol–water partition coefficient (Wildman–Crippen LogP) is 2.75. The number of likely N-dealkylation sites (tertiary alicyclic amines) is 1. The normalized spacial score (nSPS) is 16.6. The standard InChI is InChI=1S/C20H22N2O3/c23-19(11-10-16-8-4-12-21-14-16)22-13-5-9-18(22)20(24)25-15-17-6-2-1-3-7-17/h1-4,6-8,12,14,18H,5,9-11,13,15H2/t18-/m1/s1. The Labute approximate surface area is 147 Å². The quantitative estimate of drug-likeness (QED) is 0.760. The molecule has 1 aliphatic heterocycles. The highest BCUT2D eigenvalue weighted by Crippen LogP contribution is 2.20. The Morgan fingerprint density at radius 1 is 1.12 bits per heavy atom. The number of esters is 1. The number of nitrogens with zero attached hydrogens (tertiary/aromatic N) is 2. The van der Waals surface area contributed by atoms with E-state index in [1.807, 2.05) is 42.5 Å². The number of rotatable bonds is 6. The van der Waals surface area contributed by atoms with Crippen LogP contribution < -0.4 is 0 Å². The zero-order chi connectivity index (χ0) is 17.5. The summed E-state index contributed by atoms with van der Waals surface area (Å²) in [5.74, 6) is -0.306. The Morgan fingerprint density at radius 3 is 2.68 bits per heavy atom. The van der Waals surface area contributed by atoms with Crippen molar-refractivity contribution in [2.24, 2.45) is 0 Å². The van der Waals surface area contributed by atoms with Crippen LogP contribution in [0.15, 0.2) is 54.9 Å².